The molecular weight excluding hydrogens is 332 g/mol. The van der Waals surface area contributed by atoms with Gasteiger partial charge in [-0.3, -0.25) is 0 Å². The lowest BCUT2D eigenvalue weighted by Crippen LogP contribution is -2.49. The molecule has 2 aliphatic heterocycles. The lowest BCUT2D eigenvalue weighted by molar-refractivity contribution is -0.194. The molecule has 5 heteroatoms. The number of carbonyl (C=O) groups is 1. The van der Waals surface area contributed by atoms with Gasteiger partial charge in [-0.05, 0) is 61.1 Å². The molecule has 1 saturated carbocycles. The summed E-state index contributed by atoms with van der Waals surface area (Å²) in [7, 11) is 0. The lowest BCUT2D eigenvalue weighted by Gasteiger charge is -2.53. The van der Waals surface area contributed by atoms with Gasteiger partial charge in [-0.15, -0.1) is 0 Å². The molecule has 5 nitrogen and oxygen atoms in total. The number of fused-ring (bicyclic) bond motifs is 3. The van der Waals surface area contributed by atoms with E-state index in [0.29, 0.717) is 12.5 Å². The minimum Gasteiger partial charge on any atom is -0.493 e. The van der Waals surface area contributed by atoms with Crippen LogP contribution in [0.15, 0.2) is 24.3 Å². The molecule has 4 rings (SSSR count). The molecule has 2 bridgehead atoms. The smallest absolute Gasteiger partial charge is 0.329 e. The van der Waals surface area contributed by atoms with E-state index >= 15 is 0 Å². The predicted molar refractivity (Wildman–Crippen MR) is 98.4 cm³/mol. The van der Waals surface area contributed by atoms with Crippen molar-refractivity contribution in [2.24, 2.45) is 11.3 Å². The summed E-state index contributed by atoms with van der Waals surface area (Å²) in [6.07, 6.45) is 5.06. The molecule has 1 aliphatic carbocycles. The van der Waals surface area contributed by atoms with Crippen LogP contribution in [0.25, 0.3) is 0 Å². The molecule has 2 heterocycles. The summed E-state index contributed by atoms with van der Waals surface area (Å²) in [4.78, 5) is 10.6. The molecule has 1 aromatic carbocycles. The Morgan fingerprint density at radius 2 is 2.04 bits per heavy atom. The number of aliphatic carboxylic acids is 1. The third-order valence-corrected chi connectivity index (χ3v) is 5.72. The van der Waals surface area contributed by atoms with E-state index in [9.17, 15) is 4.79 Å². The first-order valence-corrected chi connectivity index (χ1v) is 9.60. The second-order valence-corrected chi connectivity index (χ2v) is 8.21. The van der Waals surface area contributed by atoms with E-state index < -0.39 is 5.97 Å². The maximum absolute atomic E-state index is 10.6. The zero-order valence-electron chi connectivity index (χ0n) is 15.8. The van der Waals surface area contributed by atoms with E-state index in [0.717, 1.165) is 51.1 Å². The second kappa shape index (κ2) is 7.97. The zero-order valence-corrected chi connectivity index (χ0v) is 15.8. The van der Waals surface area contributed by atoms with Crippen molar-refractivity contribution in [3.63, 3.8) is 0 Å². The van der Waals surface area contributed by atoms with Gasteiger partial charge in [0.05, 0.1) is 18.8 Å². The Morgan fingerprint density at radius 3 is 2.65 bits per heavy atom. The summed E-state index contributed by atoms with van der Waals surface area (Å²) in [6.45, 7) is 6.00. The monoisotopic (exact) mass is 362 g/mol. The first kappa shape index (κ1) is 19.2. The Labute approximate surface area is 155 Å². The Balaban J connectivity index is 1.59. The molecule has 0 amide bonds. The van der Waals surface area contributed by atoms with Crippen LogP contribution in [-0.4, -0.2) is 37.5 Å². The van der Waals surface area contributed by atoms with Crippen LogP contribution in [-0.2, 0) is 19.9 Å². The molecule has 3 fully saturated rings. The molecule has 0 unspecified atom stereocenters. The summed E-state index contributed by atoms with van der Waals surface area (Å²) < 4.78 is 17.5. The molecule has 144 valence electrons. The van der Waals surface area contributed by atoms with E-state index in [1.54, 1.807) is 0 Å². The topological polar surface area (TPSA) is 65.0 Å². The molecule has 26 heavy (non-hydrogen) atoms. The third-order valence-electron chi connectivity index (χ3n) is 5.72. The Hall–Kier alpha value is -1.59. The van der Waals surface area contributed by atoms with Crippen LogP contribution in [0.3, 0.4) is 0 Å². The van der Waals surface area contributed by atoms with Crippen molar-refractivity contribution in [2.75, 3.05) is 26.4 Å². The normalized spacial score (nSPS) is 27.7. The van der Waals surface area contributed by atoms with Crippen molar-refractivity contribution in [3.05, 3.63) is 29.8 Å². The molecule has 0 radical (unpaired) electrons. The maximum atomic E-state index is 10.6. The SMILES string of the molecule is CC(C)COc1cccc(C23CCC(CCOCC(=O)O)(CC2)CO3)c1. The fraction of sp³-hybridized carbons (Fsp3) is 0.667. The van der Waals surface area contributed by atoms with Crippen molar-refractivity contribution in [3.8, 4) is 5.75 Å². The molecule has 1 aromatic rings. The fourth-order valence-electron chi connectivity index (χ4n) is 4.04. The Bertz CT molecular complexity index is 600. The highest BCUT2D eigenvalue weighted by atomic mass is 16.5. The fourth-order valence-corrected chi connectivity index (χ4v) is 4.04. The van der Waals surface area contributed by atoms with Crippen molar-refractivity contribution >= 4 is 5.97 Å². The van der Waals surface area contributed by atoms with Gasteiger partial charge in [0.2, 0.25) is 0 Å². The van der Waals surface area contributed by atoms with Crippen LogP contribution in [0.2, 0.25) is 0 Å². The van der Waals surface area contributed by atoms with Crippen molar-refractivity contribution < 1.29 is 24.1 Å². The van der Waals surface area contributed by atoms with Gasteiger partial charge < -0.3 is 19.3 Å². The number of benzene rings is 1. The van der Waals surface area contributed by atoms with Gasteiger partial charge in [-0.1, -0.05) is 26.0 Å². The van der Waals surface area contributed by atoms with Crippen molar-refractivity contribution in [1.82, 2.24) is 0 Å². The van der Waals surface area contributed by atoms with Crippen LogP contribution in [0.1, 0.15) is 51.5 Å². The summed E-state index contributed by atoms with van der Waals surface area (Å²) >= 11 is 0. The molecule has 0 aromatic heterocycles. The number of hydrogen-bond acceptors (Lipinski definition) is 4. The number of carboxylic acids is 1. The minimum absolute atomic E-state index is 0.145. The van der Waals surface area contributed by atoms with Crippen LogP contribution >= 0.6 is 0 Å². The number of ether oxygens (including phenoxy) is 3. The Morgan fingerprint density at radius 1 is 1.27 bits per heavy atom. The minimum atomic E-state index is -0.912. The maximum Gasteiger partial charge on any atom is 0.329 e. The molecule has 0 atom stereocenters. The van der Waals surface area contributed by atoms with Crippen LogP contribution in [0, 0.1) is 11.3 Å². The van der Waals surface area contributed by atoms with Gasteiger partial charge in [-0.2, -0.15) is 0 Å². The van der Waals surface area contributed by atoms with Crippen molar-refractivity contribution in [2.45, 2.75) is 51.6 Å². The van der Waals surface area contributed by atoms with E-state index in [4.69, 9.17) is 19.3 Å². The quantitative estimate of drug-likeness (QED) is 0.673. The molecule has 2 saturated heterocycles. The lowest BCUT2D eigenvalue weighted by atomic mass is 9.63. The van der Waals surface area contributed by atoms with Crippen LogP contribution in [0.5, 0.6) is 5.75 Å². The molecule has 3 aliphatic rings. The highest BCUT2D eigenvalue weighted by molar-refractivity contribution is 5.67. The van der Waals surface area contributed by atoms with Gasteiger partial charge in [-0.25, -0.2) is 4.79 Å². The summed E-state index contributed by atoms with van der Waals surface area (Å²) in [5, 5.41) is 8.67. The van der Waals surface area contributed by atoms with Gasteiger partial charge >= 0.3 is 5.97 Å². The molecular formula is C21H30O5. The van der Waals surface area contributed by atoms with Crippen LogP contribution in [0.4, 0.5) is 0 Å². The third kappa shape index (κ3) is 4.38. The van der Waals surface area contributed by atoms with Gasteiger partial charge in [0.15, 0.2) is 0 Å². The van der Waals surface area contributed by atoms with Crippen LogP contribution < -0.4 is 4.74 Å². The zero-order chi connectivity index (χ0) is 18.6. The highest BCUT2D eigenvalue weighted by Crippen LogP contribution is 2.55. The van der Waals surface area contributed by atoms with Gasteiger partial charge in [0, 0.05) is 6.61 Å². The summed E-state index contributed by atoms with van der Waals surface area (Å²) in [6, 6.07) is 8.35. The predicted octanol–water partition coefficient (Wildman–Crippen LogP) is 4.00. The first-order valence-electron chi connectivity index (χ1n) is 9.60. The van der Waals surface area contributed by atoms with Gasteiger partial charge in [0.25, 0.3) is 0 Å². The average Bonchev–Trinajstić information content (AvgIpc) is 2.65. The largest absolute Gasteiger partial charge is 0.493 e. The van der Waals surface area contributed by atoms with E-state index in [1.165, 1.54) is 5.56 Å². The average molecular weight is 362 g/mol. The van der Waals surface area contributed by atoms with E-state index in [1.807, 2.05) is 6.07 Å². The van der Waals surface area contributed by atoms with Gasteiger partial charge in [0.1, 0.15) is 12.4 Å². The van der Waals surface area contributed by atoms with Crippen molar-refractivity contribution in [1.29, 1.82) is 0 Å². The highest BCUT2D eigenvalue weighted by Gasteiger charge is 2.50. The number of hydrogen-bond donors (Lipinski definition) is 1. The number of carboxylic acid groups (broad SMARTS) is 1. The molecule has 1 N–H and O–H groups in total. The Kier molecular flexibility index (Phi) is 5.88. The van der Waals surface area contributed by atoms with E-state index in [-0.39, 0.29) is 17.6 Å². The summed E-state index contributed by atoms with van der Waals surface area (Å²) in [5.41, 5.74) is 1.17. The first-order chi connectivity index (χ1) is 12.4. The molecule has 0 spiro atoms. The standard InChI is InChI=1S/C21H30O5/c1-16(2)13-25-18-5-3-4-17(12-18)21-8-6-20(7-9-21,15-26-21)10-11-24-14-19(22)23/h3-5,12,16H,6-11,13-15H2,1-2H3,(H,22,23). The van der Waals surface area contributed by atoms with E-state index in [2.05, 4.69) is 32.0 Å². The summed E-state index contributed by atoms with van der Waals surface area (Å²) in [5.74, 6) is 0.504. The second-order valence-electron chi connectivity index (χ2n) is 8.21. The number of rotatable bonds is 9.